The van der Waals surface area contributed by atoms with Crippen LogP contribution < -0.4 is 9.47 Å². The van der Waals surface area contributed by atoms with Crippen LogP contribution in [0, 0.1) is 17.8 Å². The molecule has 2 unspecified atom stereocenters. The van der Waals surface area contributed by atoms with E-state index < -0.39 is 0 Å². The third-order valence-corrected chi connectivity index (χ3v) is 3.22. The minimum absolute atomic E-state index is 0.331. The van der Waals surface area contributed by atoms with Crippen LogP contribution in [0.1, 0.15) is 46.1 Å². The quantitative estimate of drug-likeness (QED) is 0.712. The molecule has 0 bridgehead atoms. The molecule has 0 saturated carbocycles. The van der Waals surface area contributed by atoms with Gasteiger partial charge in [-0.15, -0.1) is 5.92 Å². The lowest BCUT2D eigenvalue weighted by Crippen LogP contribution is -2.05. The van der Waals surface area contributed by atoms with E-state index >= 15 is 0 Å². The van der Waals surface area contributed by atoms with Crippen LogP contribution in [-0.4, -0.2) is 13.2 Å². The largest absolute Gasteiger partial charge is 0.490 e. The van der Waals surface area contributed by atoms with E-state index in [1.807, 2.05) is 26.8 Å². The van der Waals surface area contributed by atoms with Gasteiger partial charge < -0.3 is 9.47 Å². The van der Waals surface area contributed by atoms with E-state index in [0.717, 1.165) is 11.5 Å². The Hall–Kier alpha value is -1.62. The van der Waals surface area contributed by atoms with Crippen LogP contribution in [-0.2, 0) is 0 Å². The Morgan fingerprint density at radius 2 is 1.68 bits per heavy atom. The Morgan fingerprint density at radius 3 is 2.26 bits per heavy atom. The molecule has 0 fully saturated rings. The first kappa shape index (κ1) is 15.4. The van der Waals surface area contributed by atoms with Crippen molar-refractivity contribution in [3.8, 4) is 23.3 Å². The smallest absolute Gasteiger partial charge is 0.161 e. The topological polar surface area (TPSA) is 18.5 Å². The Balaban J connectivity index is 3.01. The molecular weight excluding hydrogens is 236 g/mol. The summed E-state index contributed by atoms with van der Waals surface area (Å²) in [7, 11) is 0. The van der Waals surface area contributed by atoms with Gasteiger partial charge >= 0.3 is 0 Å². The van der Waals surface area contributed by atoms with Crippen molar-refractivity contribution in [1.29, 1.82) is 0 Å². The fourth-order valence-corrected chi connectivity index (χ4v) is 1.99. The van der Waals surface area contributed by atoms with Crippen molar-refractivity contribution in [2.24, 2.45) is 5.92 Å². The van der Waals surface area contributed by atoms with Crippen LogP contribution in [0.15, 0.2) is 18.2 Å². The maximum absolute atomic E-state index is 5.66. The predicted molar refractivity (Wildman–Crippen MR) is 79.8 cm³/mol. The molecule has 0 radical (unpaired) electrons. The highest BCUT2D eigenvalue weighted by atomic mass is 16.5. The standard InChI is InChI=1S/C17H24O2/c1-6-9-13(4)14(5)15-10-11-16(18-7-2)17(12-15)19-8-3/h10-14H,7-8H2,1-5H3. The molecule has 0 saturated heterocycles. The predicted octanol–water partition coefficient (Wildman–Crippen LogP) is 4.25. The SMILES string of the molecule is CC#CC(C)C(C)c1ccc(OCC)c(OCC)c1. The van der Waals surface area contributed by atoms with Crippen molar-refractivity contribution in [3.63, 3.8) is 0 Å². The van der Waals surface area contributed by atoms with E-state index in [0.29, 0.717) is 25.0 Å². The fraction of sp³-hybridized carbons (Fsp3) is 0.529. The summed E-state index contributed by atoms with van der Waals surface area (Å²) in [5.41, 5.74) is 1.24. The zero-order valence-electron chi connectivity index (χ0n) is 12.6. The Kier molecular flexibility index (Phi) is 6.29. The summed E-state index contributed by atoms with van der Waals surface area (Å²) >= 11 is 0. The molecule has 19 heavy (non-hydrogen) atoms. The van der Waals surface area contributed by atoms with Gasteiger partial charge in [0.2, 0.25) is 0 Å². The molecule has 1 rings (SSSR count). The van der Waals surface area contributed by atoms with Gasteiger partial charge in [0.25, 0.3) is 0 Å². The molecule has 0 aromatic heterocycles. The molecule has 0 amide bonds. The molecule has 0 heterocycles. The summed E-state index contributed by atoms with van der Waals surface area (Å²) in [6, 6.07) is 6.17. The molecule has 2 nitrogen and oxygen atoms in total. The second-order valence-electron chi connectivity index (χ2n) is 4.54. The summed E-state index contributed by atoms with van der Waals surface area (Å²) in [6.07, 6.45) is 0. The maximum Gasteiger partial charge on any atom is 0.161 e. The van der Waals surface area contributed by atoms with E-state index in [9.17, 15) is 0 Å². The molecule has 0 aliphatic heterocycles. The van der Waals surface area contributed by atoms with E-state index in [2.05, 4.69) is 37.8 Å². The average Bonchev–Trinajstić information content (AvgIpc) is 2.40. The molecule has 1 aromatic carbocycles. The number of hydrogen-bond donors (Lipinski definition) is 0. The first-order valence-corrected chi connectivity index (χ1v) is 6.95. The van der Waals surface area contributed by atoms with Gasteiger partial charge in [-0.05, 0) is 44.4 Å². The lowest BCUT2D eigenvalue weighted by Gasteiger charge is -2.18. The van der Waals surface area contributed by atoms with Crippen molar-refractivity contribution in [1.82, 2.24) is 0 Å². The van der Waals surface area contributed by atoms with Gasteiger partial charge in [-0.2, -0.15) is 0 Å². The normalized spacial score (nSPS) is 13.1. The van der Waals surface area contributed by atoms with Crippen LogP contribution >= 0.6 is 0 Å². The molecular formula is C17H24O2. The third kappa shape index (κ3) is 4.21. The highest BCUT2D eigenvalue weighted by Gasteiger charge is 2.15. The van der Waals surface area contributed by atoms with Crippen molar-refractivity contribution < 1.29 is 9.47 Å². The monoisotopic (exact) mass is 260 g/mol. The van der Waals surface area contributed by atoms with E-state index in [-0.39, 0.29) is 0 Å². The minimum Gasteiger partial charge on any atom is -0.490 e. The Labute approximate surface area is 117 Å². The van der Waals surface area contributed by atoms with Crippen LogP contribution in [0.5, 0.6) is 11.5 Å². The van der Waals surface area contributed by atoms with Gasteiger partial charge in [0.05, 0.1) is 13.2 Å². The fourth-order valence-electron chi connectivity index (χ4n) is 1.99. The summed E-state index contributed by atoms with van der Waals surface area (Å²) in [5.74, 6) is 8.54. The number of hydrogen-bond acceptors (Lipinski definition) is 2. The van der Waals surface area contributed by atoms with Crippen LogP contribution in [0.3, 0.4) is 0 Å². The molecule has 0 spiro atoms. The Bertz CT molecular complexity index is 454. The first-order chi connectivity index (χ1) is 9.13. The summed E-state index contributed by atoms with van der Waals surface area (Å²) < 4.78 is 11.2. The summed E-state index contributed by atoms with van der Waals surface area (Å²) in [4.78, 5) is 0. The third-order valence-electron chi connectivity index (χ3n) is 3.22. The highest BCUT2D eigenvalue weighted by molar-refractivity contribution is 5.44. The Morgan fingerprint density at radius 1 is 1.05 bits per heavy atom. The molecule has 0 aliphatic rings. The summed E-state index contributed by atoms with van der Waals surface area (Å²) in [6.45, 7) is 11.5. The molecule has 2 heteroatoms. The summed E-state index contributed by atoms with van der Waals surface area (Å²) in [5, 5.41) is 0. The highest BCUT2D eigenvalue weighted by Crippen LogP contribution is 2.33. The first-order valence-electron chi connectivity index (χ1n) is 6.95. The van der Waals surface area contributed by atoms with Gasteiger partial charge in [0, 0.05) is 5.92 Å². The van der Waals surface area contributed by atoms with E-state index in [1.165, 1.54) is 5.56 Å². The van der Waals surface area contributed by atoms with E-state index in [4.69, 9.17) is 9.47 Å². The lowest BCUT2D eigenvalue weighted by molar-refractivity contribution is 0.287. The zero-order valence-corrected chi connectivity index (χ0v) is 12.6. The second-order valence-corrected chi connectivity index (χ2v) is 4.54. The van der Waals surface area contributed by atoms with Gasteiger partial charge in [-0.3, -0.25) is 0 Å². The van der Waals surface area contributed by atoms with Crippen molar-refractivity contribution in [2.75, 3.05) is 13.2 Å². The van der Waals surface area contributed by atoms with Gasteiger partial charge in [-0.1, -0.05) is 25.8 Å². The molecule has 0 aliphatic carbocycles. The zero-order chi connectivity index (χ0) is 14.3. The molecule has 1 aromatic rings. The van der Waals surface area contributed by atoms with Crippen molar-refractivity contribution >= 4 is 0 Å². The number of benzene rings is 1. The molecule has 2 atom stereocenters. The van der Waals surface area contributed by atoms with Crippen LogP contribution in [0.4, 0.5) is 0 Å². The average molecular weight is 260 g/mol. The molecule has 104 valence electrons. The van der Waals surface area contributed by atoms with Gasteiger partial charge in [-0.25, -0.2) is 0 Å². The van der Waals surface area contributed by atoms with Crippen LogP contribution in [0.25, 0.3) is 0 Å². The van der Waals surface area contributed by atoms with E-state index in [1.54, 1.807) is 0 Å². The second kappa shape index (κ2) is 7.74. The number of rotatable bonds is 6. The maximum atomic E-state index is 5.66. The van der Waals surface area contributed by atoms with Gasteiger partial charge in [0.15, 0.2) is 11.5 Å². The van der Waals surface area contributed by atoms with Crippen molar-refractivity contribution in [3.05, 3.63) is 23.8 Å². The molecule has 0 N–H and O–H groups in total. The minimum atomic E-state index is 0.331. The number of ether oxygens (including phenoxy) is 2. The van der Waals surface area contributed by atoms with Crippen LogP contribution in [0.2, 0.25) is 0 Å². The lowest BCUT2D eigenvalue weighted by atomic mass is 9.89. The van der Waals surface area contributed by atoms with Gasteiger partial charge in [0.1, 0.15) is 0 Å². The van der Waals surface area contributed by atoms with Crippen molar-refractivity contribution in [2.45, 2.75) is 40.5 Å².